The number of nitrogens with one attached hydrogen (secondary N) is 1. The Labute approximate surface area is 93.4 Å². The van der Waals surface area contributed by atoms with E-state index in [0.29, 0.717) is 0 Å². The highest BCUT2D eigenvalue weighted by Gasteiger charge is 2.22. The van der Waals surface area contributed by atoms with E-state index in [-0.39, 0.29) is 0 Å². The van der Waals surface area contributed by atoms with Crippen LogP contribution in [0.15, 0.2) is 0 Å². The molecule has 0 spiro atoms. The summed E-state index contributed by atoms with van der Waals surface area (Å²) in [5.74, 6) is 2.26. The van der Waals surface area contributed by atoms with E-state index >= 15 is 0 Å². The molecule has 0 aromatic rings. The van der Waals surface area contributed by atoms with Crippen molar-refractivity contribution in [2.24, 2.45) is 5.92 Å². The van der Waals surface area contributed by atoms with Crippen molar-refractivity contribution in [2.45, 2.75) is 51.5 Å². The first-order chi connectivity index (χ1) is 6.88. The van der Waals surface area contributed by atoms with E-state index in [1.807, 2.05) is 11.8 Å². The molecule has 0 aromatic carbocycles. The highest BCUT2D eigenvalue weighted by atomic mass is 32.2. The van der Waals surface area contributed by atoms with Gasteiger partial charge >= 0.3 is 0 Å². The van der Waals surface area contributed by atoms with Crippen molar-refractivity contribution in [3.63, 3.8) is 0 Å². The smallest absolute Gasteiger partial charge is 0.0186 e. The molecule has 1 fully saturated rings. The molecule has 0 radical (unpaired) electrons. The van der Waals surface area contributed by atoms with E-state index in [1.54, 1.807) is 0 Å². The summed E-state index contributed by atoms with van der Waals surface area (Å²) in [6, 6.07) is 0.783. The molecule has 1 aliphatic carbocycles. The van der Waals surface area contributed by atoms with E-state index in [4.69, 9.17) is 0 Å². The Kier molecular flexibility index (Phi) is 6.70. The number of hydrogen-bond acceptors (Lipinski definition) is 2. The van der Waals surface area contributed by atoms with Gasteiger partial charge in [-0.3, -0.25) is 0 Å². The Morgan fingerprint density at radius 2 is 2.00 bits per heavy atom. The van der Waals surface area contributed by atoms with Crippen LogP contribution < -0.4 is 5.32 Å². The maximum Gasteiger partial charge on any atom is 0.0186 e. The number of hydrogen-bond donors (Lipinski definition) is 1. The molecule has 2 heteroatoms. The first-order valence-electron chi connectivity index (χ1n) is 6.10. The molecule has 1 aliphatic rings. The number of thioether (sulfide) groups is 1. The molecule has 1 N–H and O–H groups in total. The SMILES string of the molecule is CCCNC(CSC)C1CCCCC1. The van der Waals surface area contributed by atoms with E-state index in [0.717, 1.165) is 12.0 Å². The zero-order valence-corrected chi connectivity index (χ0v) is 10.5. The van der Waals surface area contributed by atoms with E-state index < -0.39 is 0 Å². The van der Waals surface area contributed by atoms with Crippen molar-refractivity contribution in [2.75, 3.05) is 18.6 Å². The highest BCUT2D eigenvalue weighted by Crippen LogP contribution is 2.27. The number of rotatable bonds is 6. The van der Waals surface area contributed by atoms with Crippen LogP contribution in [0.25, 0.3) is 0 Å². The molecule has 0 bridgehead atoms. The minimum atomic E-state index is 0.783. The average Bonchev–Trinajstić information content (AvgIpc) is 2.25. The van der Waals surface area contributed by atoms with Gasteiger partial charge in [0, 0.05) is 11.8 Å². The van der Waals surface area contributed by atoms with Gasteiger partial charge in [0.25, 0.3) is 0 Å². The molecule has 0 aromatic heterocycles. The lowest BCUT2D eigenvalue weighted by Crippen LogP contribution is -2.39. The first kappa shape index (κ1) is 12.4. The average molecular weight is 215 g/mol. The third kappa shape index (κ3) is 4.22. The van der Waals surface area contributed by atoms with Crippen molar-refractivity contribution < 1.29 is 0 Å². The molecule has 1 saturated carbocycles. The zero-order chi connectivity index (χ0) is 10.2. The normalized spacial score (nSPS) is 21.0. The fourth-order valence-electron chi connectivity index (χ4n) is 2.41. The van der Waals surface area contributed by atoms with Gasteiger partial charge in [0.15, 0.2) is 0 Å². The molecule has 1 unspecified atom stereocenters. The zero-order valence-electron chi connectivity index (χ0n) is 9.72. The minimum Gasteiger partial charge on any atom is -0.313 e. The van der Waals surface area contributed by atoms with Crippen LogP contribution >= 0.6 is 11.8 Å². The van der Waals surface area contributed by atoms with Gasteiger partial charge in [-0.2, -0.15) is 11.8 Å². The Hall–Kier alpha value is 0.310. The molecule has 84 valence electrons. The third-order valence-electron chi connectivity index (χ3n) is 3.22. The maximum absolute atomic E-state index is 3.72. The molecule has 0 aliphatic heterocycles. The Morgan fingerprint density at radius 1 is 1.29 bits per heavy atom. The van der Waals surface area contributed by atoms with Crippen molar-refractivity contribution in [1.29, 1.82) is 0 Å². The van der Waals surface area contributed by atoms with Crippen LogP contribution in [0.1, 0.15) is 45.4 Å². The summed E-state index contributed by atoms with van der Waals surface area (Å²) in [6.07, 6.45) is 10.8. The van der Waals surface area contributed by atoms with Gasteiger partial charge in [0.1, 0.15) is 0 Å². The molecule has 0 amide bonds. The van der Waals surface area contributed by atoms with Crippen molar-refractivity contribution >= 4 is 11.8 Å². The fourth-order valence-corrected chi connectivity index (χ4v) is 3.16. The molecular formula is C12H25NS. The van der Waals surface area contributed by atoms with E-state index in [9.17, 15) is 0 Å². The van der Waals surface area contributed by atoms with Crippen LogP contribution in [0, 0.1) is 5.92 Å². The summed E-state index contributed by atoms with van der Waals surface area (Å²) < 4.78 is 0. The Morgan fingerprint density at radius 3 is 2.57 bits per heavy atom. The van der Waals surface area contributed by atoms with Gasteiger partial charge in [-0.15, -0.1) is 0 Å². The van der Waals surface area contributed by atoms with Gasteiger partial charge in [0.05, 0.1) is 0 Å². The second-order valence-corrected chi connectivity index (χ2v) is 5.32. The third-order valence-corrected chi connectivity index (χ3v) is 3.91. The van der Waals surface area contributed by atoms with Crippen molar-refractivity contribution in [3.8, 4) is 0 Å². The lowest BCUT2D eigenvalue weighted by Gasteiger charge is -2.30. The molecular weight excluding hydrogens is 190 g/mol. The quantitative estimate of drug-likeness (QED) is 0.729. The second-order valence-electron chi connectivity index (χ2n) is 4.41. The standard InChI is InChI=1S/C12H25NS/c1-3-9-13-12(10-14-2)11-7-5-4-6-8-11/h11-13H,3-10H2,1-2H3. The fraction of sp³-hybridized carbons (Fsp3) is 1.00. The minimum absolute atomic E-state index is 0.783. The van der Waals surface area contributed by atoms with Crippen LogP contribution in [0.3, 0.4) is 0 Å². The molecule has 1 nitrogen and oxygen atoms in total. The summed E-state index contributed by atoms with van der Waals surface area (Å²) in [5, 5.41) is 3.72. The van der Waals surface area contributed by atoms with E-state index in [1.165, 1.54) is 50.8 Å². The van der Waals surface area contributed by atoms with Gasteiger partial charge in [0.2, 0.25) is 0 Å². The highest BCUT2D eigenvalue weighted by molar-refractivity contribution is 7.98. The molecule has 0 saturated heterocycles. The summed E-state index contributed by atoms with van der Waals surface area (Å²) in [4.78, 5) is 0. The van der Waals surface area contributed by atoms with Crippen LogP contribution in [0.2, 0.25) is 0 Å². The predicted octanol–water partition coefficient (Wildman–Crippen LogP) is 3.30. The Balaban J connectivity index is 2.30. The van der Waals surface area contributed by atoms with Crippen molar-refractivity contribution in [3.05, 3.63) is 0 Å². The predicted molar refractivity (Wildman–Crippen MR) is 67.0 cm³/mol. The maximum atomic E-state index is 3.72. The van der Waals surface area contributed by atoms with Crippen LogP contribution in [0.4, 0.5) is 0 Å². The summed E-state index contributed by atoms with van der Waals surface area (Å²) in [7, 11) is 0. The van der Waals surface area contributed by atoms with Crippen LogP contribution in [-0.4, -0.2) is 24.6 Å². The van der Waals surface area contributed by atoms with E-state index in [2.05, 4.69) is 18.5 Å². The van der Waals surface area contributed by atoms with Gasteiger partial charge in [-0.1, -0.05) is 26.2 Å². The molecule has 1 atom stereocenters. The molecule has 14 heavy (non-hydrogen) atoms. The summed E-state index contributed by atoms with van der Waals surface area (Å²) >= 11 is 1.99. The topological polar surface area (TPSA) is 12.0 Å². The Bertz CT molecular complexity index is 132. The van der Waals surface area contributed by atoms with Crippen LogP contribution in [0.5, 0.6) is 0 Å². The lowest BCUT2D eigenvalue weighted by molar-refractivity contribution is 0.285. The molecule has 1 rings (SSSR count). The summed E-state index contributed by atoms with van der Waals surface area (Å²) in [6.45, 7) is 3.45. The summed E-state index contributed by atoms with van der Waals surface area (Å²) in [5.41, 5.74) is 0. The monoisotopic (exact) mass is 215 g/mol. The van der Waals surface area contributed by atoms with Gasteiger partial charge < -0.3 is 5.32 Å². The molecule has 0 heterocycles. The largest absolute Gasteiger partial charge is 0.313 e. The van der Waals surface area contributed by atoms with Gasteiger partial charge in [-0.25, -0.2) is 0 Å². The first-order valence-corrected chi connectivity index (χ1v) is 7.50. The second kappa shape index (κ2) is 7.58. The lowest BCUT2D eigenvalue weighted by atomic mass is 9.84. The van der Waals surface area contributed by atoms with Gasteiger partial charge in [-0.05, 0) is 38.0 Å². The van der Waals surface area contributed by atoms with Crippen molar-refractivity contribution in [1.82, 2.24) is 5.32 Å². The van der Waals surface area contributed by atoms with Crippen LogP contribution in [-0.2, 0) is 0 Å².